The summed E-state index contributed by atoms with van der Waals surface area (Å²) in [7, 11) is 0. The van der Waals surface area contributed by atoms with E-state index in [9.17, 15) is 4.79 Å². The fourth-order valence-corrected chi connectivity index (χ4v) is 5.39. The highest BCUT2D eigenvalue weighted by atomic mass is 32.2. The second kappa shape index (κ2) is 6.29. The lowest BCUT2D eigenvalue weighted by Gasteiger charge is -2.09. The monoisotopic (exact) mass is 341 g/mol. The van der Waals surface area contributed by atoms with E-state index in [-0.39, 0.29) is 5.91 Å². The summed E-state index contributed by atoms with van der Waals surface area (Å²) in [5.41, 5.74) is 3.67. The van der Waals surface area contributed by atoms with Gasteiger partial charge in [-0.1, -0.05) is 24.3 Å². The Labute approximate surface area is 142 Å². The number of nitrogens with one attached hydrogen (secondary N) is 2. The third kappa shape index (κ3) is 3.09. The van der Waals surface area contributed by atoms with E-state index >= 15 is 0 Å². The van der Waals surface area contributed by atoms with Crippen LogP contribution < -0.4 is 5.32 Å². The topological polar surface area (TPSA) is 57.8 Å². The van der Waals surface area contributed by atoms with Gasteiger partial charge in [-0.3, -0.25) is 10.1 Å². The Morgan fingerprint density at radius 3 is 2.57 bits per heavy atom. The van der Waals surface area contributed by atoms with Crippen molar-refractivity contribution in [2.75, 3.05) is 16.8 Å². The van der Waals surface area contributed by atoms with E-state index in [4.69, 9.17) is 0 Å². The highest BCUT2D eigenvalue weighted by molar-refractivity contribution is 8.19. The quantitative estimate of drug-likeness (QED) is 0.746. The maximum absolute atomic E-state index is 12.3. The molecule has 2 heterocycles. The largest absolute Gasteiger partial charge is 0.324 e. The lowest BCUT2D eigenvalue weighted by atomic mass is 10.1. The first-order valence-electron chi connectivity index (χ1n) is 7.39. The van der Waals surface area contributed by atoms with Crippen LogP contribution in [0.3, 0.4) is 0 Å². The van der Waals surface area contributed by atoms with E-state index < -0.39 is 0 Å². The van der Waals surface area contributed by atoms with Gasteiger partial charge in [0.05, 0.1) is 15.6 Å². The van der Waals surface area contributed by atoms with E-state index in [1.165, 1.54) is 17.1 Å². The number of hydrogen-bond donors (Lipinski definition) is 2. The van der Waals surface area contributed by atoms with Gasteiger partial charge in [0.1, 0.15) is 0 Å². The average Bonchev–Trinajstić information content (AvgIpc) is 3.24. The van der Waals surface area contributed by atoms with Crippen molar-refractivity contribution in [1.82, 2.24) is 9.97 Å². The predicted molar refractivity (Wildman–Crippen MR) is 98.1 cm³/mol. The summed E-state index contributed by atoms with van der Waals surface area (Å²) in [5, 5.41) is 2.82. The summed E-state index contributed by atoms with van der Waals surface area (Å²) in [4.78, 5) is 19.8. The minimum absolute atomic E-state index is 0.151. The van der Waals surface area contributed by atoms with Crippen LogP contribution in [-0.4, -0.2) is 27.4 Å². The Balaban J connectivity index is 1.49. The number of carbonyl (C=O) groups is 1. The number of amides is 1. The van der Waals surface area contributed by atoms with Gasteiger partial charge in [0.2, 0.25) is 5.95 Å². The summed E-state index contributed by atoms with van der Waals surface area (Å²) < 4.78 is 0.502. The molecule has 1 saturated heterocycles. The fraction of sp³-hybridized carbons (Fsp3) is 0.176. The highest BCUT2D eigenvalue weighted by Crippen LogP contribution is 2.45. The molecule has 0 spiro atoms. The molecular formula is C17H15N3OS2. The second-order valence-corrected chi connectivity index (χ2v) is 7.98. The molecule has 1 aliphatic heterocycles. The number of benzene rings is 2. The molecule has 0 radical (unpaired) electrons. The third-order valence-corrected chi connectivity index (χ3v) is 6.79. The van der Waals surface area contributed by atoms with Crippen LogP contribution in [0.2, 0.25) is 0 Å². The number of para-hydroxylation sites is 2. The maximum Gasteiger partial charge on any atom is 0.257 e. The number of anilines is 1. The molecule has 3 aromatic rings. The number of aromatic nitrogens is 2. The zero-order valence-electron chi connectivity index (χ0n) is 12.3. The van der Waals surface area contributed by atoms with E-state index in [1.807, 2.05) is 72.1 Å². The van der Waals surface area contributed by atoms with Crippen molar-refractivity contribution in [1.29, 1.82) is 0 Å². The highest BCUT2D eigenvalue weighted by Gasteiger charge is 2.18. The van der Waals surface area contributed by atoms with E-state index in [0.29, 0.717) is 16.1 Å². The summed E-state index contributed by atoms with van der Waals surface area (Å²) in [6.45, 7) is 0. The van der Waals surface area contributed by atoms with Gasteiger partial charge >= 0.3 is 0 Å². The van der Waals surface area contributed by atoms with Crippen LogP contribution in [0.4, 0.5) is 5.95 Å². The zero-order valence-corrected chi connectivity index (χ0v) is 13.9. The minimum Gasteiger partial charge on any atom is -0.324 e. The smallest absolute Gasteiger partial charge is 0.257 e. The van der Waals surface area contributed by atoms with Crippen LogP contribution in [0.5, 0.6) is 0 Å². The average molecular weight is 341 g/mol. The van der Waals surface area contributed by atoms with Gasteiger partial charge in [0.25, 0.3) is 5.91 Å². The Hall–Kier alpha value is -1.92. The van der Waals surface area contributed by atoms with Gasteiger partial charge in [-0.2, -0.15) is 0 Å². The molecule has 0 saturated carbocycles. The van der Waals surface area contributed by atoms with Crippen molar-refractivity contribution >= 4 is 46.4 Å². The van der Waals surface area contributed by atoms with Crippen LogP contribution in [0.25, 0.3) is 11.0 Å². The first kappa shape index (κ1) is 14.7. The Morgan fingerprint density at radius 2 is 1.83 bits per heavy atom. The van der Waals surface area contributed by atoms with E-state index in [1.54, 1.807) is 0 Å². The summed E-state index contributed by atoms with van der Waals surface area (Å²) >= 11 is 3.92. The first-order chi connectivity index (χ1) is 11.3. The van der Waals surface area contributed by atoms with Gasteiger partial charge in [-0.25, -0.2) is 4.98 Å². The van der Waals surface area contributed by atoms with Gasteiger partial charge in [0, 0.05) is 17.1 Å². The van der Waals surface area contributed by atoms with Gasteiger partial charge in [-0.05, 0) is 29.8 Å². The molecule has 1 amide bonds. The van der Waals surface area contributed by atoms with Crippen molar-refractivity contribution < 1.29 is 4.79 Å². The number of imidazole rings is 1. The van der Waals surface area contributed by atoms with Crippen molar-refractivity contribution in [2.24, 2.45) is 0 Å². The molecule has 116 valence electrons. The van der Waals surface area contributed by atoms with Gasteiger partial charge in [-0.15, -0.1) is 23.5 Å². The van der Waals surface area contributed by atoms with Crippen LogP contribution in [0.1, 0.15) is 20.5 Å². The minimum atomic E-state index is -0.151. The van der Waals surface area contributed by atoms with Crippen molar-refractivity contribution in [3.8, 4) is 0 Å². The summed E-state index contributed by atoms with van der Waals surface area (Å²) in [6.07, 6.45) is 0. The summed E-state index contributed by atoms with van der Waals surface area (Å²) in [5.74, 6) is 2.72. The fourth-order valence-electron chi connectivity index (χ4n) is 2.53. The molecule has 1 aromatic heterocycles. The Kier molecular flexibility index (Phi) is 4.01. The Bertz CT molecular complexity index is 805. The summed E-state index contributed by atoms with van der Waals surface area (Å²) in [6, 6.07) is 15.6. The molecule has 1 fully saturated rings. The van der Waals surface area contributed by atoms with Crippen LogP contribution in [0, 0.1) is 0 Å². The van der Waals surface area contributed by atoms with E-state index in [0.717, 1.165) is 11.0 Å². The molecule has 23 heavy (non-hydrogen) atoms. The molecular weight excluding hydrogens is 326 g/mol. The molecule has 2 N–H and O–H groups in total. The molecule has 2 aromatic carbocycles. The number of thioether (sulfide) groups is 2. The predicted octanol–water partition coefficient (Wildman–Crippen LogP) is 4.29. The number of H-pyrrole nitrogens is 1. The zero-order chi connectivity index (χ0) is 15.6. The molecule has 0 atom stereocenters. The molecule has 4 rings (SSSR count). The molecule has 0 unspecified atom stereocenters. The molecule has 6 heteroatoms. The second-order valence-electron chi connectivity index (χ2n) is 5.25. The number of hydrogen-bond acceptors (Lipinski definition) is 4. The number of carbonyl (C=O) groups excluding carboxylic acids is 1. The van der Waals surface area contributed by atoms with Crippen molar-refractivity contribution in [2.45, 2.75) is 4.58 Å². The normalized spacial score (nSPS) is 15.1. The first-order valence-corrected chi connectivity index (χ1v) is 9.48. The van der Waals surface area contributed by atoms with Crippen molar-refractivity contribution in [3.05, 3.63) is 59.7 Å². The molecule has 0 bridgehead atoms. The molecule has 1 aliphatic rings. The van der Waals surface area contributed by atoms with Crippen LogP contribution in [0.15, 0.2) is 48.5 Å². The van der Waals surface area contributed by atoms with Gasteiger partial charge < -0.3 is 4.98 Å². The van der Waals surface area contributed by atoms with Gasteiger partial charge in [0.15, 0.2) is 0 Å². The van der Waals surface area contributed by atoms with E-state index in [2.05, 4.69) is 15.3 Å². The Morgan fingerprint density at radius 1 is 1.09 bits per heavy atom. The third-order valence-electron chi connectivity index (χ3n) is 3.69. The van der Waals surface area contributed by atoms with Crippen LogP contribution in [-0.2, 0) is 0 Å². The number of aromatic amines is 1. The molecule has 4 nitrogen and oxygen atoms in total. The van der Waals surface area contributed by atoms with Crippen LogP contribution >= 0.6 is 23.5 Å². The lowest BCUT2D eigenvalue weighted by Crippen LogP contribution is -2.12. The number of nitrogens with zero attached hydrogens (tertiary/aromatic N) is 1. The lowest BCUT2D eigenvalue weighted by molar-refractivity contribution is 0.102. The maximum atomic E-state index is 12.3. The SMILES string of the molecule is O=C(Nc1nc2ccccc2[nH]1)c1ccc(C2SCCS2)cc1. The molecule has 0 aliphatic carbocycles. The standard InChI is InChI=1S/C17H15N3OS2/c21-15(20-17-18-13-3-1-2-4-14(13)19-17)11-5-7-12(8-6-11)16-22-9-10-23-16/h1-8,16H,9-10H2,(H2,18,19,20,21). The number of rotatable bonds is 3. The number of fused-ring (bicyclic) bond motifs is 1. The van der Waals surface area contributed by atoms with Crippen molar-refractivity contribution in [3.63, 3.8) is 0 Å².